The number of pyridine rings is 1. The van der Waals surface area contributed by atoms with Crippen LogP contribution in [0, 0.1) is 5.92 Å². The van der Waals surface area contributed by atoms with Crippen LogP contribution in [0.2, 0.25) is 0 Å². The fourth-order valence-corrected chi connectivity index (χ4v) is 2.08. The van der Waals surface area contributed by atoms with E-state index in [-0.39, 0.29) is 23.8 Å². The Balaban J connectivity index is 1.53. The maximum atomic E-state index is 12.0. The number of rotatable bonds is 4. The molecular formula is C14H18N4O3. The van der Waals surface area contributed by atoms with Crippen molar-refractivity contribution in [2.75, 3.05) is 30.4 Å². The van der Waals surface area contributed by atoms with Crippen LogP contribution in [0.25, 0.3) is 0 Å². The average molecular weight is 290 g/mol. The van der Waals surface area contributed by atoms with Gasteiger partial charge in [0.25, 0.3) is 0 Å². The van der Waals surface area contributed by atoms with Gasteiger partial charge in [0.15, 0.2) is 0 Å². The van der Waals surface area contributed by atoms with Gasteiger partial charge in [-0.2, -0.15) is 0 Å². The zero-order valence-electron chi connectivity index (χ0n) is 11.6. The molecule has 3 rings (SSSR count). The molecular weight excluding hydrogens is 272 g/mol. The molecule has 21 heavy (non-hydrogen) atoms. The number of hydrogen-bond acceptors (Lipinski definition) is 5. The Morgan fingerprint density at radius 3 is 2.71 bits per heavy atom. The number of nitrogens with zero attached hydrogens (tertiary/aromatic N) is 1. The summed E-state index contributed by atoms with van der Waals surface area (Å²) in [6.07, 6.45) is 3.44. The van der Waals surface area contributed by atoms with Crippen LogP contribution in [0.5, 0.6) is 0 Å². The van der Waals surface area contributed by atoms with Gasteiger partial charge in [0, 0.05) is 12.5 Å². The van der Waals surface area contributed by atoms with Gasteiger partial charge in [0.05, 0.1) is 25.1 Å². The van der Waals surface area contributed by atoms with Crippen LogP contribution in [0.15, 0.2) is 18.3 Å². The summed E-state index contributed by atoms with van der Waals surface area (Å²) in [7, 11) is 0. The molecule has 3 N–H and O–H groups in total. The van der Waals surface area contributed by atoms with Crippen LogP contribution in [-0.2, 0) is 14.3 Å². The monoisotopic (exact) mass is 290 g/mol. The lowest BCUT2D eigenvalue weighted by Crippen LogP contribution is -2.48. The van der Waals surface area contributed by atoms with Gasteiger partial charge in [0.1, 0.15) is 11.9 Å². The molecule has 7 heteroatoms. The van der Waals surface area contributed by atoms with E-state index in [2.05, 4.69) is 20.9 Å². The van der Waals surface area contributed by atoms with Gasteiger partial charge in [-0.15, -0.1) is 0 Å². The third kappa shape index (κ3) is 3.77. The predicted molar refractivity (Wildman–Crippen MR) is 76.8 cm³/mol. The van der Waals surface area contributed by atoms with Crippen molar-refractivity contribution >= 4 is 23.3 Å². The third-order valence-corrected chi connectivity index (χ3v) is 3.47. The molecule has 1 saturated heterocycles. The molecule has 1 atom stereocenters. The zero-order chi connectivity index (χ0) is 14.7. The molecule has 0 radical (unpaired) electrons. The highest BCUT2D eigenvalue weighted by atomic mass is 16.5. The first-order valence-electron chi connectivity index (χ1n) is 7.11. The van der Waals surface area contributed by atoms with Crippen LogP contribution in [0.4, 0.5) is 11.5 Å². The molecule has 1 aromatic heterocycles. The molecule has 1 saturated carbocycles. The molecule has 1 unspecified atom stereocenters. The molecule has 0 aromatic carbocycles. The van der Waals surface area contributed by atoms with E-state index in [0.29, 0.717) is 31.3 Å². The number of anilines is 2. The normalized spacial score (nSPS) is 21.6. The Bertz CT molecular complexity index is 522. The minimum absolute atomic E-state index is 0.0165. The number of carbonyl (C=O) groups is 2. The van der Waals surface area contributed by atoms with Gasteiger partial charge in [-0.25, -0.2) is 4.98 Å². The van der Waals surface area contributed by atoms with E-state index in [1.165, 1.54) is 6.20 Å². The highest BCUT2D eigenvalue weighted by molar-refractivity contribution is 5.95. The number of aromatic nitrogens is 1. The highest BCUT2D eigenvalue weighted by Crippen LogP contribution is 2.29. The second kappa shape index (κ2) is 6.19. The van der Waals surface area contributed by atoms with E-state index in [4.69, 9.17) is 4.74 Å². The van der Waals surface area contributed by atoms with Crippen molar-refractivity contribution in [1.29, 1.82) is 0 Å². The van der Waals surface area contributed by atoms with Gasteiger partial charge in [-0.05, 0) is 25.0 Å². The quantitative estimate of drug-likeness (QED) is 0.744. The lowest BCUT2D eigenvalue weighted by atomic mass is 10.2. The lowest BCUT2D eigenvalue weighted by molar-refractivity contribution is -0.121. The van der Waals surface area contributed by atoms with Crippen molar-refractivity contribution < 1.29 is 14.3 Å². The molecule has 2 aliphatic rings. The van der Waals surface area contributed by atoms with E-state index in [0.717, 1.165) is 12.8 Å². The molecule has 7 nitrogen and oxygen atoms in total. The van der Waals surface area contributed by atoms with E-state index in [1.807, 2.05) is 0 Å². The Kier molecular flexibility index (Phi) is 4.12. The van der Waals surface area contributed by atoms with Crippen LogP contribution in [0.3, 0.4) is 0 Å². The summed E-state index contributed by atoms with van der Waals surface area (Å²) in [5.74, 6) is 0.515. The zero-order valence-corrected chi connectivity index (χ0v) is 11.6. The highest BCUT2D eigenvalue weighted by Gasteiger charge is 2.29. The maximum absolute atomic E-state index is 12.0. The van der Waals surface area contributed by atoms with E-state index >= 15 is 0 Å². The summed E-state index contributed by atoms with van der Waals surface area (Å²) >= 11 is 0. The van der Waals surface area contributed by atoms with Gasteiger partial charge < -0.3 is 20.7 Å². The summed E-state index contributed by atoms with van der Waals surface area (Å²) < 4.78 is 5.25. The number of morpholine rings is 1. The summed E-state index contributed by atoms with van der Waals surface area (Å²) in [6, 6.07) is 3.06. The van der Waals surface area contributed by atoms with Crippen molar-refractivity contribution in [2.45, 2.75) is 18.9 Å². The van der Waals surface area contributed by atoms with E-state index < -0.39 is 0 Å². The second-order valence-corrected chi connectivity index (χ2v) is 5.27. The molecule has 2 amide bonds. The van der Waals surface area contributed by atoms with Crippen molar-refractivity contribution in [2.24, 2.45) is 5.92 Å². The number of ether oxygens (including phenoxy) is 1. The first-order valence-corrected chi connectivity index (χ1v) is 7.11. The van der Waals surface area contributed by atoms with Crippen LogP contribution >= 0.6 is 0 Å². The summed E-state index contributed by atoms with van der Waals surface area (Å²) in [5, 5.41) is 8.60. The Morgan fingerprint density at radius 1 is 1.24 bits per heavy atom. The fraction of sp³-hybridized carbons (Fsp3) is 0.500. The summed E-state index contributed by atoms with van der Waals surface area (Å²) in [4.78, 5) is 27.7. The standard InChI is InChI=1S/C14H18N4O3/c19-13(9-1-2-9)18-12-4-3-10(7-16-12)17-14(20)11-8-21-6-5-15-11/h3-4,7,9,11,15H,1-2,5-6,8H2,(H,17,20)(H,16,18,19). The largest absolute Gasteiger partial charge is 0.378 e. The molecule has 1 aliphatic heterocycles. The fourth-order valence-electron chi connectivity index (χ4n) is 2.08. The molecule has 0 bridgehead atoms. The smallest absolute Gasteiger partial charge is 0.243 e. The molecule has 0 spiro atoms. The predicted octanol–water partition coefficient (Wildman–Crippen LogP) is 0.357. The van der Waals surface area contributed by atoms with E-state index in [1.54, 1.807) is 12.1 Å². The van der Waals surface area contributed by atoms with Gasteiger partial charge in [-0.3, -0.25) is 9.59 Å². The van der Waals surface area contributed by atoms with Crippen molar-refractivity contribution in [3.63, 3.8) is 0 Å². The topological polar surface area (TPSA) is 92.4 Å². The van der Waals surface area contributed by atoms with E-state index in [9.17, 15) is 9.59 Å². The maximum Gasteiger partial charge on any atom is 0.243 e. The van der Waals surface area contributed by atoms with Gasteiger partial charge >= 0.3 is 0 Å². The number of carbonyl (C=O) groups excluding carboxylic acids is 2. The Hall–Kier alpha value is -1.99. The molecule has 2 fully saturated rings. The van der Waals surface area contributed by atoms with Crippen LogP contribution in [0.1, 0.15) is 12.8 Å². The lowest BCUT2D eigenvalue weighted by Gasteiger charge is -2.22. The third-order valence-electron chi connectivity index (χ3n) is 3.47. The Morgan fingerprint density at radius 2 is 2.10 bits per heavy atom. The second-order valence-electron chi connectivity index (χ2n) is 5.27. The molecule has 1 aromatic rings. The van der Waals surface area contributed by atoms with Gasteiger partial charge in [-0.1, -0.05) is 0 Å². The van der Waals surface area contributed by atoms with Crippen LogP contribution in [-0.4, -0.2) is 42.6 Å². The molecule has 2 heterocycles. The summed E-state index contributed by atoms with van der Waals surface area (Å²) in [5.41, 5.74) is 0.594. The summed E-state index contributed by atoms with van der Waals surface area (Å²) in [6.45, 7) is 1.66. The SMILES string of the molecule is O=C(Nc1ccc(NC(=O)C2COCCN2)cn1)C1CC1. The van der Waals surface area contributed by atoms with Crippen molar-refractivity contribution in [3.05, 3.63) is 18.3 Å². The minimum atomic E-state index is -0.340. The van der Waals surface area contributed by atoms with Gasteiger partial charge in [0.2, 0.25) is 11.8 Å². The van der Waals surface area contributed by atoms with Crippen molar-refractivity contribution in [3.8, 4) is 0 Å². The minimum Gasteiger partial charge on any atom is -0.378 e. The molecule has 112 valence electrons. The number of nitrogens with one attached hydrogen (secondary N) is 3. The van der Waals surface area contributed by atoms with Crippen LogP contribution < -0.4 is 16.0 Å². The first kappa shape index (κ1) is 14.0. The Labute approximate surface area is 122 Å². The average Bonchev–Trinajstić information content (AvgIpc) is 3.35. The van der Waals surface area contributed by atoms with Crippen molar-refractivity contribution in [1.82, 2.24) is 10.3 Å². The first-order chi connectivity index (χ1) is 10.2. The molecule has 1 aliphatic carbocycles. The number of hydrogen-bond donors (Lipinski definition) is 3. The number of amides is 2.